The molecule has 5 atom stereocenters. The van der Waals surface area contributed by atoms with Gasteiger partial charge in [0.25, 0.3) is 0 Å². The summed E-state index contributed by atoms with van der Waals surface area (Å²) in [6.45, 7) is 14.8. The van der Waals surface area contributed by atoms with E-state index in [-0.39, 0.29) is 34.0 Å². The fraction of sp³-hybridized carbons (Fsp3) is 0.607. The lowest BCUT2D eigenvalue weighted by Crippen LogP contribution is -2.54. The van der Waals surface area contributed by atoms with Crippen molar-refractivity contribution in [3.05, 3.63) is 48.7 Å². The predicted octanol–water partition coefficient (Wildman–Crippen LogP) is 5.06. The van der Waals surface area contributed by atoms with E-state index in [0.29, 0.717) is 11.8 Å². The summed E-state index contributed by atoms with van der Waals surface area (Å²) >= 11 is 0. The topological polar surface area (TPSA) is 183 Å². The number of aliphatic hydroxyl groups is 1. The Labute approximate surface area is 250 Å². The van der Waals surface area contributed by atoms with Crippen LogP contribution in [-0.2, 0) is 10.4 Å². The van der Waals surface area contributed by atoms with E-state index < -0.39 is 16.5 Å². The number of methoxy groups -OCH3 is 1. The summed E-state index contributed by atoms with van der Waals surface area (Å²) in [4.78, 5) is 6.86. The molecule has 0 amide bonds. The molecule has 2 aromatic rings. The smallest absolute Gasteiger partial charge is 0.394 e. The number of piperidine rings is 3. The van der Waals surface area contributed by atoms with E-state index in [1.54, 1.807) is 13.3 Å². The van der Waals surface area contributed by atoms with Gasteiger partial charge in [-0.2, -0.15) is 8.42 Å². The highest BCUT2D eigenvalue weighted by Crippen LogP contribution is 2.42. The van der Waals surface area contributed by atoms with Crippen LogP contribution in [0, 0.1) is 11.8 Å². The molecule has 0 aliphatic carbocycles. The van der Waals surface area contributed by atoms with Gasteiger partial charge in [0.15, 0.2) is 0 Å². The van der Waals surface area contributed by atoms with E-state index in [1.165, 1.54) is 32.1 Å². The molecule has 12 heteroatoms. The maximum atomic E-state index is 11.2. The minimum Gasteiger partial charge on any atom is -0.497 e. The molecule has 4 heterocycles. The van der Waals surface area contributed by atoms with Gasteiger partial charge in [-0.3, -0.25) is 19.0 Å². The van der Waals surface area contributed by atoms with Crippen LogP contribution in [0.2, 0.25) is 0 Å². The van der Waals surface area contributed by atoms with E-state index in [0.717, 1.165) is 41.7 Å². The number of unbranched alkanes of at least 4 members (excludes halogenated alkanes) is 2. The molecule has 2 bridgehead atoms. The molecule has 3 aliphatic heterocycles. The van der Waals surface area contributed by atoms with Crippen molar-refractivity contribution < 1.29 is 38.3 Å². The van der Waals surface area contributed by atoms with E-state index in [1.807, 2.05) is 24.3 Å². The molecule has 5 rings (SSSR count). The number of hydrogen-bond donors (Lipinski definition) is 3. The maximum Gasteiger partial charge on any atom is 0.394 e. The molecule has 7 N–H and O–H groups in total. The van der Waals surface area contributed by atoms with Crippen LogP contribution in [0.5, 0.6) is 5.75 Å². The molecule has 1 aromatic heterocycles. The number of ether oxygens (including phenoxy) is 1. The van der Waals surface area contributed by atoms with Crippen molar-refractivity contribution in [1.82, 2.24) is 9.88 Å². The van der Waals surface area contributed by atoms with Crippen molar-refractivity contribution in [2.24, 2.45) is 11.8 Å². The van der Waals surface area contributed by atoms with Crippen LogP contribution in [0.1, 0.15) is 77.9 Å². The minimum atomic E-state index is -4.67. The lowest BCUT2D eigenvalue weighted by Gasteiger charge is -2.50. The zero-order valence-electron chi connectivity index (χ0n) is 24.4. The van der Waals surface area contributed by atoms with Gasteiger partial charge in [0.05, 0.1) is 18.7 Å². The first-order valence-electron chi connectivity index (χ1n) is 13.2. The summed E-state index contributed by atoms with van der Waals surface area (Å²) in [6.07, 6.45) is 10.9. The van der Waals surface area contributed by atoms with Crippen LogP contribution in [0.25, 0.3) is 10.9 Å². The Kier molecular flexibility index (Phi) is 23.6. The second-order valence-electron chi connectivity index (χ2n) is 9.42. The monoisotopic (exact) mass is 654 g/mol. The van der Waals surface area contributed by atoms with E-state index in [9.17, 15) is 5.11 Å². The van der Waals surface area contributed by atoms with Crippen molar-refractivity contribution in [2.75, 3.05) is 20.2 Å². The van der Waals surface area contributed by atoms with Crippen molar-refractivity contribution in [3.63, 3.8) is 0 Å². The molecule has 40 heavy (non-hydrogen) atoms. The Balaban J connectivity index is -0.000000728. The van der Waals surface area contributed by atoms with Crippen LogP contribution in [0.15, 0.2) is 43.1 Å². The average molecular weight is 656 g/mol. The summed E-state index contributed by atoms with van der Waals surface area (Å²) in [5, 5.41) is 12.1. The van der Waals surface area contributed by atoms with Gasteiger partial charge in [0, 0.05) is 24.2 Å². The molecule has 3 fully saturated rings. The Hall–Kier alpha value is -1.64. The number of fused-ring (bicyclic) bond motifs is 4. The molecule has 234 valence electrons. The summed E-state index contributed by atoms with van der Waals surface area (Å²) in [5.41, 5.74) is 1.85. The van der Waals surface area contributed by atoms with Crippen molar-refractivity contribution in [1.29, 1.82) is 0 Å². The van der Waals surface area contributed by atoms with Crippen LogP contribution in [-0.4, -0.2) is 69.7 Å². The summed E-state index contributed by atoms with van der Waals surface area (Å²) < 4.78 is 36.9. The van der Waals surface area contributed by atoms with E-state index in [2.05, 4.69) is 50.2 Å². The Morgan fingerprint density at radius 3 is 2.08 bits per heavy atom. The number of hydrogen-bond acceptors (Lipinski definition) is 6. The standard InChI is InChI=1S/C20H24N2O2.2C4H10.BrH.H2O4S.2H2O/c1-3-13-12-22-9-7-14(13)10-19(22)20(23)16-6-8-21-18-5-4-15(24-2)11-17(16)18;2*1-3-4-2;;1-5(2,3)4;;/h3-6,8,11,13-14,19-20,23H,1,7,9-10,12H2,2H3;2*3-4H2,1-2H3;1H;(H2,1,2,3,4);2*1H2/t13-,14?,19-,20+;;;;;;/m0....../s1. The molecule has 10 nitrogen and oxygen atoms in total. The molecule has 3 saturated heterocycles. The predicted molar refractivity (Wildman–Crippen MR) is 168 cm³/mol. The van der Waals surface area contributed by atoms with Gasteiger partial charge >= 0.3 is 10.4 Å². The molecule has 0 saturated carbocycles. The van der Waals surface area contributed by atoms with Crippen molar-refractivity contribution in [2.45, 2.75) is 78.4 Å². The Morgan fingerprint density at radius 2 is 1.65 bits per heavy atom. The lowest BCUT2D eigenvalue weighted by molar-refractivity contribution is -0.0444. The van der Waals surface area contributed by atoms with Crippen molar-refractivity contribution >= 4 is 38.3 Å². The number of nitrogens with zero attached hydrogens (tertiary/aromatic N) is 2. The van der Waals surface area contributed by atoms with E-state index >= 15 is 0 Å². The van der Waals surface area contributed by atoms with Gasteiger partial charge in [-0.05, 0) is 61.1 Å². The molecule has 1 aromatic carbocycles. The van der Waals surface area contributed by atoms with Crippen LogP contribution in [0.4, 0.5) is 0 Å². The minimum absolute atomic E-state index is 0. The largest absolute Gasteiger partial charge is 0.497 e. The highest BCUT2D eigenvalue weighted by Gasteiger charge is 2.42. The second kappa shape index (κ2) is 22.0. The van der Waals surface area contributed by atoms with Gasteiger partial charge in [-0.1, -0.05) is 59.5 Å². The Bertz CT molecular complexity index is 1040. The second-order valence-corrected chi connectivity index (χ2v) is 10.3. The summed E-state index contributed by atoms with van der Waals surface area (Å²) in [7, 11) is -3.01. The van der Waals surface area contributed by atoms with Gasteiger partial charge < -0.3 is 20.8 Å². The molecule has 3 aliphatic rings. The van der Waals surface area contributed by atoms with Gasteiger partial charge in [0.1, 0.15) is 5.75 Å². The van der Waals surface area contributed by atoms with Crippen molar-refractivity contribution in [3.8, 4) is 5.75 Å². The van der Waals surface area contributed by atoms with Gasteiger partial charge in [-0.15, -0.1) is 23.6 Å². The number of benzene rings is 1. The molecule has 0 spiro atoms. The first-order valence-corrected chi connectivity index (χ1v) is 14.6. The summed E-state index contributed by atoms with van der Waals surface area (Å²) in [6, 6.07) is 7.96. The summed E-state index contributed by atoms with van der Waals surface area (Å²) in [5.74, 6) is 2.01. The normalized spacial score (nSPS) is 21.1. The molecule has 2 unspecified atom stereocenters. The SMILES string of the molecule is Br.C=C[C@H]1CN2CCC1C[C@H]2[C@H](O)c1ccnc2ccc(OC)cc12.CCCC.CCCC.O.O.O=S(=O)(O)O. The fourth-order valence-corrected chi connectivity index (χ4v) is 4.44. The third-order valence-corrected chi connectivity index (χ3v) is 6.82. The number of aromatic nitrogens is 1. The lowest BCUT2D eigenvalue weighted by atomic mass is 9.73. The first kappa shape index (κ1) is 42.8. The maximum absolute atomic E-state index is 11.2. The first-order chi connectivity index (χ1) is 17.5. The van der Waals surface area contributed by atoms with Gasteiger partial charge in [-0.25, -0.2) is 0 Å². The number of rotatable bonds is 6. The quantitative estimate of drug-likeness (QED) is 0.285. The molecular weight excluding hydrogens is 604 g/mol. The third-order valence-electron chi connectivity index (χ3n) is 6.82. The highest BCUT2D eigenvalue weighted by molar-refractivity contribution is 8.93. The van der Waals surface area contributed by atoms with E-state index in [4.69, 9.17) is 22.3 Å². The number of pyridine rings is 1. The zero-order valence-corrected chi connectivity index (χ0v) is 26.9. The highest BCUT2D eigenvalue weighted by atomic mass is 79.9. The molecule has 0 radical (unpaired) electrons. The number of aliphatic hydroxyl groups excluding tert-OH is 1. The average Bonchev–Trinajstić information content (AvgIpc) is 2.91. The van der Waals surface area contributed by atoms with Gasteiger partial charge in [0.2, 0.25) is 0 Å². The number of halogens is 1. The Morgan fingerprint density at radius 1 is 1.10 bits per heavy atom. The van der Waals surface area contributed by atoms with Crippen LogP contribution < -0.4 is 4.74 Å². The molecular formula is C28H51BrN2O8S. The van der Waals surface area contributed by atoms with Crippen LogP contribution >= 0.6 is 17.0 Å². The zero-order chi connectivity index (χ0) is 28.0. The van der Waals surface area contributed by atoms with Crippen LogP contribution in [0.3, 0.4) is 0 Å². The third kappa shape index (κ3) is 14.3. The fourth-order valence-electron chi connectivity index (χ4n) is 4.44.